The molecular formula is C16H19N3O4S. The van der Waals surface area contributed by atoms with Crippen LogP contribution >= 0.6 is 0 Å². The monoisotopic (exact) mass is 349 g/mol. The number of anilines is 1. The van der Waals surface area contributed by atoms with Gasteiger partial charge in [-0.1, -0.05) is 36.4 Å². The number of nitrogens with one attached hydrogen (secondary N) is 2. The van der Waals surface area contributed by atoms with Crippen LogP contribution in [-0.2, 0) is 14.8 Å². The van der Waals surface area contributed by atoms with Gasteiger partial charge in [0, 0.05) is 12.2 Å². The average Bonchev–Trinajstić information content (AvgIpc) is 2.55. The number of aliphatic hydroxyl groups excluding tert-OH is 1. The highest BCUT2D eigenvalue weighted by Crippen LogP contribution is 2.14. The van der Waals surface area contributed by atoms with E-state index >= 15 is 0 Å². The van der Waals surface area contributed by atoms with Gasteiger partial charge >= 0.3 is 0 Å². The maximum atomic E-state index is 11.9. The molecule has 0 heterocycles. The van der Waals surface area contributed by atoms with Crippen LogP contribution in [0.1, 0.15) is 11.7 Å². The number of nitrogens with two attached hydrogens (primary N) is 1. The van der Waals surface area contributed by atoms with Crippen LogP contribution in [0.2, 0.25) is 0 Å². The molecular weight excluding hydrogens is 330 g/mol. The minimum absolute atomic E-state index is 0.0243. The number of amides is 1. The Morgan fingerprint density at radius 3 is 2.50 bits per heavy atom. The molecule has 2 rings (SSSR count). The largest absolute Gasteiger partial charge is 0.387 e. The van der Waals surface area contributed by atoms with Gasteiger partial charge in [-0.15, -0.1) is 0 Å². The summed E-state index contributed by atoms with van der Waals surface area (Å²) >= 11 is 0. The summed E-state index contributed by atoms with van der Waals surface area (Å²) in [7, 11) is -3.82. The van der Waals surface area contributed by atoms with E-state index in [-0.39, 0.29) is 23.9 Å². The summed E-state index contributed by atoms with van der Waals surface area (Å²) in [5.74, 6) is -0.359. The minimum Gasteiger partial charge on any atom is -0.387 e. The van der Waals surface area contributed by atoms with Crippen molar-refractivity contribution >= 4 is 21.6 Å². The predicted octanol–water partition coefficient (Wildman–Crippen LogP) is 0.596. The first kappa shape index (κ1) is 18.1. The molecule has 0 aliphatic carbocycles. The van der Waals surface area contributed by atoms with Gasteiger partial charge in [-0.2, -0.15) is 0 Å². The molecule has 0 unspecified atom stereocenters. The molecule has 0 saturated heterocycles. The van der Waals surface area contributed by atoms with Crippen molar-refractivity contribution in [2.75, 3.05) is 18.4 Å². The molecule has 0 bridgehead atoms. The Labute approximate surface area is 140 Å². The lowest BCUT2D eigenvalue weighted by atomic mass is 10.1. The van der Waals surface area contributed by atoms with E-state index in [4.69, 9.17) is 5.14 Å². The van der Waals surface area contributed by atoms with Gasteiger partial charge in [-0.25, -0.2) is 13.6 Å². The Hall–Kier alpha value is -2.26. The minimum atomic E-state index is -3.82. The summed E-state index contributed by atoms with van der Waals surface area (Å²) < 4.78 is 22.6. The number of carbonyl (C=O) groups is 1. The van der Waals surface area contributed by atoms with Crippen LogP contribution in [0, 0.1) is 0 Å². The van der Waals surface area contributed by atoms with E-state index in [1.54, 1.807) is 18.2 Å². The van der Waals surface area contributed by atoms with Crippen LogP contribution in [0.4, 0.5) is 5.69 Å². The van der Waals surface area contributed by atoms with Crippen molar-refractivity contribution in [3.05, 3.63) is 60.2 Å². The molecule has 0 aliphatic rings. The van der Waals surface area contributed by atoms with Crippen LogP contribution in [-0.4, -0.2) is 32.5 Å². The van der Waals surface area contributed by atoms with Crippen LogP contribution < -0.4 is 15.8 Å². The van der Waals surface area contributed by atoms with Crippen molar-refractivity contribution in [3.63, 3.8) is 0 Å². The molecule has 8 heteroatoms. The van der Waals surface area contributed by atoms with Gasteiger partial charge in [0.1, 0.15) is 0 Å². The Balaban J connectivity index is 1.84. The maximum Gasteiger partial charge on any atom is 0.238 e. The van der Waals surface area contributed by atoms with E-state index in [1.165, 1.54) is 18.2 Å². The molecule has 0 saturated carbocycles. The molecule has 2 aromatic rings. The molecule has 0 radical (unpaired) electrons. The third-order valence-electron chi connectivity index (χ3n) is 3.25. The number of rotatable bonds is 7. The van der Waals surface area contributed by atoms with Crippen molar-refractivity contribution < 1.29 is 18.3 Å². The van der Waals surface area contributed by atoms with Gasteiger partial charge in [0.25, 0.3) is 0 Å². The summed E-state index contributed by atoms with van der Waals surface area (Å²) in [4.78, 5) is 11.8. The third kappa shape index (κ3) is 5.43. The molecule has 0 fully saturated rings. The number of benzene rings is 2. The van der Waals surface area contributed by atoms with Crippen molar-refractivity contribution in [2.45, 2.75) is 11.0 Å². The van der Waals surface area contributed by atoms with Gasteiger partial charge in [-0.05, 0) is 23.8 Å². The fourth-order valence-electron chi connectivity index (χ4n) is 2.07. The number of carbonyl (C=O) groups excluding carboxylic acids is 1. The lowest BCUT2D eigenvalue weighted by Gasteiger charge is -2.12. The fourth-order valence-corrected chi connectivity index (χ4v) is 2.63. The molecule has 5 N–H and O–H groups in total. The lowest BCUT2D eigenvalue weighted by Crippen LogP contribution is -2.31. The van der Waals surface area contributed by atoms with Crippen LogP contribution in [0.5, 0.6) is 0 Å². The molecule has 0 aliphatic heterocycles. The zero-order valence-corrected chi connectivity index (χ0v) is 13.7. The maximum absolute atomic E-state index is 11.9. The molecule has 7 nitrogen and oxygen atoms in total. The van der Waals surface area contributed by atoms with E-state index < -0.39 is 16.1 Å². The highest BCUT2D eigenvalue weighted by molar-refractivity contribution is 7.89. The molecule has 1 atom stereocenters. The number of hydrogen-bond donors (Lipinski definition) is 4. The molecule has 1 amide bonds. The quantitative estimate of drug-likeness (QED) is 0.583. The standard InChI is InChI=1S/C16H19N3O4S/c17-24(22,23)14-8-4-7-13(9-14)19-16(21)11-18-10-15(20)12-5-2-1-3-6-12/h1-9,15,18,20H,10-11H2,(H,19,21)(H2,17,22,23)/t15-/m0/s1. The summed E-state index contributed by atoms with van der Waals surface area (Å²) in [5.41, 5.74) is 1.09. The Morgan fingerprint density at radius 2 is 1.83 bits per heavy atom. The summed E-state index contributed by atoms with van der Waals surface area (Å²) in [5, 5.41) is 20.4. The van der Waals surface area contributed by atoms with Crippen LogP contribution in [0.15, 0.2) is 59.5 Å². The second-order valence-corrected chi connectivity index (χ2v) is 6.74. The topological polar surface area (TPSA) is 122 Å². The Bertz CT molecular complexity index is 794. The highest BCUT2D eigenvalue weighted by Gasteiger charge is 2.10. The normalized spacial score (nSPS) is 12.6. The second-order valence-electron chi connectivity index (χ2n) is 5.18. The first-order chi connectivity index (χ1) is 11.4. The zero-order chi connectivity index (χ0) is 17.6. The van der Waals surface area contributed by atoms with Crippen LogP contribution in [0.25, 0.3) is 0 Å². The second kappa shape index (κ2) is 8.02. The molecule has 2 aromatic carbocycles. The first-order valence-electron chi connectivity index (χ1n) is 7.23. The smallest absolute Gasteiger partial charge is 0.238 e. The molecule has 128 valence electrons. The zero-order valence-electron chi connectivity index (χ0n) is 12.8. The van der Waals surface area contributed by atoms with Gasteiger partial charge in [0.2, 0.25) is 15.9 Å². The van der Waals surface area contributed by atoms with Gasteiger partial charge in [0.15, 0.2) is 0 Å². The average molecular weight is 349 g/mol. The van der Waals surface area contributed by atoms with Crippen molar-refractivity contribution in [2.24, 2.45) is 5.14 Å². The van der Waals surface area contributed by atoms with Crippen molar-refractivity contribution in [1.29, 1.82) is 0 Å². The summed E-state index contributed by atoms with van der Waals surface area (Å²) in [6.07, 6.45) is -0.718. The number of primary sulfonamides is 1. The lowest BCUT2D eigenvalue weighted by molar-refractivity contribution is -0.115. The van der Waals surface area contributed by atoms with E-state index in [2.05, 4.69) is 10.6 Å². The van der Waals surface area contributed by atoms with Gasteiger partial charge in [0.05, 0.1) is 17.5 Å². The van der Waals surface area contributed by atoms with Crippen molar-refractivity contribution in [3.8, 4) is 0 Å². The third-order valence-corrected chi connectivity index (χ3v) is 4.16. The van der Waals surface area contributed by atoms with Crippen LogP contribution in [0.3, 0.4) is 0 Å². The van der Waals surface area contributed by atoms with E-state index in [1.807, 2.05) is 18.2 Å². The summed E-state index contributed by atoms with van der Waals surface area (Å²) in [6, 6.07) is 14.8. The molecule has 0 aromatic heterocycles. The van der Waals surface area contributed by atoms with E-state index in [9.17, 15) is 18.3 Å². The SMILES string of the molecule is NS(=O)(=O)c1cccc(NC(=O)CNC[C@H](O)c2ccccc2)c1. The van der Waals surface area contributed by atoms with E-state index in [0.717, 1.165) is 5.56 Å². The van der Waals surface area contributed by atoms with Crippen molar-refractivity contribution in [1.82, 2.24) is 5.32 Å². The number of aliphatic hydroxyl groups is 1. The predicted molar refractivity (Wildman–Crippen MR) is 90.7 cm³/mol. The Kier molecular flexibility index (Phi) is 6.04. The Morgan fingerprint density at radius 1 is 1.12 bits per heavy atom. The summed E-state index contributed by atoms with van der Waals surface area (Å²) in [6.45, 7) is 0.193. The molecule has 0 spiro atoms. The van der Waals surface area contributed by atoms with Gasteiger partial charge in [-0.3, -0.25) is 4.79 Å². The highest BCUT2D eigenvalue weighted by atomic mass is 32.2. The molecule has 24 heavy (non-hydrogen) atoms. The number of hydrogen-bond acceptors (Lipinski definition) is 5. The van der Waals surface area contributed by atoms with E-state index in [0.29, 0.717) is 5.69 Å². The first-order valence-corrected chi connectivity index (χ1v) is 8.77. The van der Waals surface area contributed by atoms with Gasteiger partial charge < -0.3 is 15.7 Å². The number of sulfonamides is 1. The fraction of sp³-hybridized carbons (Fsp3) is 0.188.